The van der Waals surface area contributed by atoms with Crippen molar-refractivity contribution in [1.82, 2.24) is 29.2 Å². The average molecular weight is 342 g/mol. The zero-order valence-corrected chi connectivity index (χ0v) is 15.3. The minimum Gasteiger partial charge on any atom is -0.328 e. The van der Waals surface area contributed by atoms with E-state index in [1.54, 1.807) is 4.90 Å². The van der Waals surface area contributed by atoms with Gasteiger partial charge in [0.15, 0.2) is 5.65 Å². The van der Waals surface area contributed by atoms with Crippen molar-refractivity contribution < 1.29 is 4.90 Å². The zero-order chi connectivity index (χ0) is 16.8. The molecule has 5 rings (SSSR count). The molecule has 0 saturated heterocycles. The maximum absolute atomic E-state index is 4.48. The van der Waals surface area contributed by atoms with E-state index in [0.29, 0.717) is 0 Å². The fourth-order valence-corrected chi connectivity index (χ4v) is 5.23. The number of fused-ring (bicyclic) bond motifs is 8. The van der Waals surface area contributed by atoms with Crippen molar-refractivity contribution in [3.05, 3.63) is 22.1 Å². The highest BCUT2D eigenvalue weighted by Gasteiger charge is 2.37. The van der Waals surface area contributed by atoms with Crippen LogP contribution in [0.5, 0.6) is 0 Å². The fraction of sp³-hybridized carbons (Fsp3) is 0.500. The smallest absolute Gasteiger partial charge is 0.243 e. The molecule has 0 radical (unpaired) electrons. The maximum atomic E-state index is 4.48. The minimum absolute atomic E-state index is 0.213. The predicted molar refractivity (Wildman–Crippen MR) is 92.8 cm³/mol. The Hall–Kier alpha value is -2.06. The van der Waals surface area contributed by atoms with Gasteiger partial charge in [0.05, 0.1) is 22.8 Å². The van der Waals surface area contributed by atoms with E-state index in [2.05, 4.69) is 45.7 Å². The number of likely N-dealkylation sites (N-methyl/N-ethyl adjacent to an activating group) is 1. The summed E-state index contributed by atoms with van der Waals surface area (Å²) >= 11 is 1.86. The van der Waals surface area contributed by atoms with Crippen molar-refractivity contribution in [2.24, 2.45) is 0 Å². The van der Waals surface area contributed by atoms with Crippen molar-refractivity contribution >= 4 is 33.0 Å². The monoisotopic (exact) mass is 342 g/mol. The van der Waals surface area contributed by atoms with Crippen LogP contribution >= 0.6 is 11.3 Å². The van der Waals surface area contributed by atoms with Crippen molar-refractivity contribution in [2.45, 2.75) is 46.2 Å². The van der Waals surface area contributed by atoms with Crippen molar-refractivity contribution in [3.63, 3.8) is 0 Å². The van der Waals surface area contributed by atoms with Crippen LogP contribution in [0, 0.1) is 13.8 Å². The van der Waals surface area contributed by atoms with E-state index < -0.39 is 0 Å². The van der Waals surface area contributed by atoms with E-state index in [4.69, 9.17) is 0 Å². The van der Waals surface area contributed by atoms with E-state index in [1.807, 2.05) is 29.6 Å². The number of aryl methyl sites for hydroxylation is 2. The second-order valence-corrected chi connectivity index (χ2v) is 8.57. The van der Waals surface area contributed by atoms with Crippen LogP contribution in [0.2, 0.25) is 0 Å². The standard InChI is InChI=1S/C16H19N7S/c1-8-17-19-13-12-10-6-16(3,4)21(5)7-11(10)24-14(12)23-9(2)18-20-15(23)22(8)13/h6-7H2,1-5H3/p+1. The Kier molecular flexibility index (Phi) is 2.57. The number of aromatic nitrogens is 6. The number of thiophene rings is 1. The number of nitrogens with zero attached hydrogens (tertiary/aromatic N) is 6. The quantitative estimate of drug-likeness (QED) is 0.517. The van der Waals surface area contributed by atoms with Gasteiger partial charge >= 0.3 is 0 Å². The van der Waals surface area contributed by atoms with Gasteiger partial charge in [-0.3, -0.25) is 4.40 Å². The molecule has 4 aromatic rings. The van der Waals surface area contributed by atoms with Crippen LogP contribution in [0.15, 0.2) is 0 Å². The Bertz CT molecular complexity index is 1130. The Labute approximate surface area is 142 Å². The number of hydrogen-bond acceptors (Lipinski definition) is 5. The third kappa shape index (κ3) is 1.60. The maximum Gasteiger partial charge on any atom is 0.243 e. The molecule has 0 saturated carbocycles. The molecule has 1 unspecified atom stereocenters. The van der Waals surface area contributed by atoms with Gasteiger partial charge in [0.25, 0.3) is 0 Å². The molecule has 1 aliphatic rings. The van der Waals surface area contributed by atoms with Gasteiger partial charge in [-0.25, -0.2) is 4.40 Å². The van der Waals surface area contributed by atoms with Crippen LogP contribution in [-0.4, -0.2) is 41.8 Å². The Balaban J connectivity index is 2.02. The summed E-state index contributed by atoms with van der Waals surface area (Å²) in [6.45, 7) is 9.69. The molecule has 7 nitrogen and oxygen atoms in total. The third-order valence-electron chi connectivity index (χ3n) is 5.53. The number of hydrogen-bond donors (Lipinski definition) is 1. The van der Waals surface area contributed by atoms with Crippen LogP contribution in [0.1, 0.15) is 35.9 Å². The molecule has 1 aliphatic heterocycles. The molecular weight excluding hydrogens is 322 g/mol. The molecule has 1 N–H and O–H groups in total. The molecule has 4 aromatic heterocycles. The third-order valence-corrected chi connectivity index (χ3v) is 6.75. The first-order valence-corrected chi connectivity index (χ1v) is 9.03. The SMILES string of the molecule is Cc1nnc2c3c4c(sc3n3c(C)nnc3n12)C[NH+](C)C(C)(C)C4. The van der Waals surface area contributed by atoms with Gasteiger partial charge in [-0.1, -0.05) is 0 Å². The van der Waals surface area contributed by atoms with Crippen molar-refractivity contribution in [2.75, 3.05) is 7.05 Å². The van der Waals surface area contributed by atoms with Gasteiger partial charge in [-0.05, 0) is 33.3 Å². The summed E-state index contributed by atoms with van der Waals surface area (Å²) in [7, 11) is 2.28. The lowest BCUT2D eigenvalue weighted by Gasteiger charge is -2.36. The lowest BCUT2D eigenvalue weighted by atomic mass is 9.88. The average Bonchev–Trinajstić information content (AvgIpc) is 3.16. The molecule has 24 heavy (non-hydrogen) atoms. The van der Waals surface area contributed by atoms with Crippen LogP contribution < -0.4 is 4.90 Å². The first-order valence-electron chi connectivity index (χ1n) is 8.21. The van der Waals surface area contributed by atoms with Gasteiger partial charge in [-0.15, -0.1) is 31.7 Å². The largest absolute Gasteiger partial charge is 0.328 e. The molecule has 5 heterocycles. The van der Waals surface area contributed by atoms with Crippen LogP contribution in [0.25, 0.3) is 21.6 Å². The molecule has 0 aromatic carbocycles. The predicted octanol–water partition coefficient (Wildman–Crippen LogP) is 0.953. The summed E-state index contributed by atoms with van der Waals surface area (Å²) in [6, 6.07) is 0. The summed E-state index contributed by atoms with van der Waals surface area (Å²) in [6.07, 6.45) is 1.04. The number of rotatable bonds is 0. The van der Waals surface area contributed by atoms with Crippen molar-refractivity contribution in [1.29, 1.82) is 0 Å². The Morgan fingerprint density at radius 1 is 1.04 bits per heavy atom. The fourth-order valence-electron chi connectivity index (χ4n) is 3.79. The molecule has 0 amide bonds. The van der Waals surface area contributed by atoms with Crippen LogP contribution in [0.4, 0.5) is 0 Å². The Morgan fingerprint density at radius 2 is 1.75 bits per heavy atom. The zero-order valence-electron chi connectivity index (χ0n) is 14.5. The summed E-state index contributed by atoms with van der Waals surface area (Å²) in [5, 5.41) is 18.7. The molecule has 0 bridgehead atoms. The van der Waals surface area contributed by atoms with Gasteiger partial charge in [0.2, 0.25) is 5.78 Å². The first kappa shape index (κ1) is 14.3. The van der Waals surface area contributed by atoms with Crippen molar-refractivity contribution in [3.8, 4) is 0 Å². The van der Waals surface area contributed by atoms with E-state index in [-0.39, 0.29) is 5.54 Å². The molecular formula is C16H20N7S+. The van der Waals surface area contributed by atoms with Crippen LogP contribution in [-0.2, 0) is 13.0 Å². The molecule has 0 spiro atoms. The van der Waals surface area contributed by atoms with Gasteiger partial charge in [0, 0.05) is 6.42 Å². The normalized spacial score (nSPS) is 20.3. The van der Waals surface area contributed by atoms with E-state index in [1.165, 1.54) is 20.7 Å². The molecule has 124 valence electrons. The highest BCUT2D eigenvalue weighted by atomic mass is 32.1. The lowest BCUT2D eigenvalue weighted by molar-refractivity contribution is -0.945. The lowest BCUT2D eigenvalue weighted by Crippen LogP contribution is -3.16. The molecule has 0 fully saturated rings. The number of nitrogens with one attached hydrogen (secondary N) is 1. The summed E-state index contributed by atoms with van der Waals surface area (Å²) in [4.78, 5) is 4.19. The highest BCUT2D eigenvalue weighted by molar-refractivity contribution is 7.19. The van der Waals surface area contributed by atoms with E-state index >= 15 is 0 Å². The van der Waals surface area contributed by atoms with Crippen LogP contribution in [0.3, 0.4) is 0 Å². The minimum atomic E-state index is 0.213. The second kappa shape index (κ2) is 4.31. The summed E-state index contributed by atoms with van der Waals surface area (Å²) in [5.41, 5.74) is 2.55. The second-order valence-electron chi connectivity index (χ2n) is 7.49. The van der Waals surface area contributed by atoms with Gasteiger partial charge < -0.3 is 4.90 Å². The van der Waals surface area contributed by atoms with E-state index in [9.17, 15) is 0 Å². The Morgan fingerprint density at radius 3 is 2.54 bits per heavy atom. The summed E-state index contributed by atoms with van der Waals surface area (Å²) in [5.74, 6) is 2.56. The molecule has 8 heteroatoms. The van der Waals surface area contributed by atoms with E-state index in [0.717, 1.165) is 36.0 Å². The highest BCUT2D eigenvalue weighted by Crippen LogP contribution is 2.38. The molecule has 1 atom stereocenters. The van der Waals surface area contributed by atoms with Gasteiger partial charge in [-0.2, -0.15) is 0 Å². The topological polar surface area (TPSA) is 64.8 Å². The van der Waals surface area contributed by atoms with Gasteiger partial charge in [0.1, 0.15) is 23.0 Å². The summed E-state index contributed by atoms with van der Waals surface area (Å²) < 4.78 is 4.19. The first-order chi connectivity index (χ1) is 11.4. The number of quaternary nitrogens is 1. The molecule has 0 aliphatic carbocycles.